The van der Waals surface area contributed by atoms with Gasteiger partial charge in [-0.25, -0.2) is 8.42 Å². The van der Waals surface area contributed by atoms with E-state index in [1.54, 1.807) is 19.2 Å². The van der Waals surface area contributed by atoms with Gasteiger partial charge in [0.2, 0.25) is 0 Å². The largest absolute Gasteiger partial charge is 0.398 e. The SMILES string of the molecule is Cc1ccc(N)c(C(=O)N(C)CCS(C)(=O)=O)c1. The summed E-state index contributed by atoms with van der Waals surface area (Å²) in [6.07, 6.45) is 1.15. The van der Waals surface area contributed by atoms with E-state index in [1.165, 1.54) is 4.90 Å². The highest BCUT2D eigenvalue weighted by atomic mass is 32.2. The molecule has 0 aliphatic carbocycles. The predicted octanol–water partition coefficient (Wildman–Crippen LogP) is 0.694. The third-order valence-corrected chi connectivity index (χ3v) is 3.51. The van der Waals surface area contributed by atoms with Crippen LogP contribution in [0.2, 0.25) is 0 Å². The van der Waals surface area contributed by atoms with Crippen molar-refractivity contribution >= 4 is 21.4 Å². The Labute approximate surface area is 108 Å². The quantitative estimate of drug-likeness (QED) is 0.816. The average molecular weight is 270 g/mol. The first kappa shape index (κ1) is 14.5. The van der Waals surface area contributed by atoms with Gasteiger partial charge in [0.05, 0.1) is 11.3 Å². The van der Waals surface area contributed by atoms with E-state index in [9.17, 15) is 13.2 Å². The van der Waals surface area contributed by atoms with Crippen molar-refractivity contribution in [3.8, 4) is 0 Å². The third kappa shape index (κ3) is 4.03. The third-order valence-electron chi connectivity index (χ3n) is 2.58. The molecule has 6 heteroatoms. The molecule has 0 radical (unpaired) electrons. The van der Waals surface area contributed by atoms with Crippen molar-refractivity contribution in [1.29, 1.82) is 0 Å². The molecule has 100 valence electrons. The van der Waals surface area contributed by atoms with Crippen LogP contribution in [0, 0.1) is 6.92 Å². The molecule has 0 aliphatic rings. The maximum absolute atomic E-state index is 12.1. The first-order valence-corrected chi connectivity index (χ1v) is 7.56. The van der Waals surface area contributed by atoms with Crippen LogP contribution < -0.4 is 5.73 Å². The van der Waals surface area contributed by atoms with Crippen LogP contribution in [0.1, 0.15) is 15.9 Å². The Kier molecular flexibility index (Phi) is 4.34. The van der Waals surface area contributed by atoms with Crippen molar-refractivity contribution in [2.75, 3.05) is 31.3 Å². The number of sulfone groups is 1. The van der Waals surface area contributed by atoms with Gasteiger partial charge in [-0.2, -0.15) is 0 Å². The van der Waals surface area contributed by atoms with Crippen molar-refractivity contribution in [3.63, 3.8) is 0 Å². The number of anilines is 1. The molecule has 0 atom stereocenters. The number of aryl methyl sites for hydroxylation is 1. The van der Waals surface area contributed by atoms with Crippen molar-refractivity contribution in [2.24, 2.45) is 0 Å². The van der Waals surface area contributed by atoms with E-state index in [0.29, 0.717) is 11.3 Å². The first-order valence-electron chi connectivity index (χ1n) is 5.50. The van der Waals surface area contributed by atoms with E-state index in [2.05, 4.69) is 0 Å². The smallest absolute Gasteiger partial charge is 0.255 e. The van der Waals surface area contributed by atoms with Crippen LogP contribution in [-0.2, 0) is 9.84 Å². The molecule has 1 rings (SSSR count). The van der Waals surface area contributed by atoms with Crippen LogP contribution in [0.4, 0.5) is 5.69 Å². The molecule has 0 bridgehead atoms. The molecule has 0 saturated heterocycles. The van der Waals surface area contributed by atoms with Gasteiger partial charge in [-0.05, 0) is 19.1 Å². The van der Waals surface area contributed by atoms with Crippen LogP contribution in [0.15, 0.2) is 18.2 Å². The summed E-state index contributed by atoms with van der Waals surface area (Å²) in [7, 11) is -1.51. The zero-order valence-electron chi connectivity index (χ0n) is 10.8. The van der Waals surface area contributed by atoms with Crippen LogP contribution in [0.25, 0.3) is 0 Å². The molecule has 0 unspecified atom stereocenters. The second-order valence-corrected chi connectivity index (χ2v) is 6.71. The Morgan fingerprint density at radius 3 is 2.56 bits per heavy atom. The minimum absolute atomic E-state index is 0.0546. The minimum Gasteiger partial charge on any atom is -0.398 e. The molecule has 0 heterocycles. The van der Waals surface area contributed by atoms with Crippen LogP contribution in [0.5, 0.6) is 0 Å². The number of benzene rings is 1. The Morgan fingerprint density at radius 1 is 1.39 bits per heavy atom. The van der Waals surface area contributed by atoms with Gasteiger partial charge in [0.25, 0.3) is 5.91 Å². The highest BCUT2D eigenvalue weighted by Crippen LogP contribution is 2.15. The van der Waals surface area contributed by atoms with E-state index in [1.807, 2.05) is 13.0 Å². The molecular weight excluding hydrogens is 252 g/mol. The maximum Gasteiger partial charge on any atom is 0.255 e. The second-order valence-electron chi connectivity index (χ2n) is 4.45. The highest BCUT2D eigenvalue weighted by molar-refractivity contribution is 7.90. The number of nitrogens with two attached hydrogens (primary N) is 1. The fourth-order valence-corrected chi connectivity index (χ4v) is 2.07. The summed E-state index contributed by atoms with van der Waals surface area (Å²) in [5.74, 6) is -0.319. The first-order chi connectivity index (χ1) is 8.20. The Bertz CT molecular complexity index is 552. The van der Waals surface area contributed by atoms with Crippen LogP contribution in [-0.4, -0.2) is 44.8 Å². The normalized spacial score (nSPS) is 11.3. The summed E-state index contributed by atoms with van der Waals surface area (Å²) in [6.45, 7) is 2.03. The summed E-state index contributed by atoms with van der Waals surface area (Å²) < 4.78 is 22.1. The van der Waals surface area contributed by atoms with Gasteiger partial charge in [0, 0.05) is 25.5 Å². The van der Waals surface area contributed by atoms with Crippen molar-refractivity contribution < 1.29 is 13.2 Å². The fourth-order valence-electron chi connectivity index (χ4n) is 1.47. The number of hydrogen-bond acceptors (Lipinski definition) is 4. The van der Waals surface area contributed by atoms with E-state index >= 15 is 0 Å². The topological polar surface area (TPSA) is 80.5 Å². The van der Waals surface area contributed by atoms with Crippen LogP contribution in [0.3, 0.4) is 0 Å². The lowest BCUT2D eigenvalue weighted by atomic mass is 10.1. The molecule has 1 amide bonds. The Morgan fingerprint density at radius 2 is 2.00 bits per heavy atom. The molecule has 0 spiro atoms. The zero-order valence-corrected chi connectivity index (χ0v) is 11.6. The molecule has 5 nitrogen and oxygen atoms in total. The van der Waals surface area contributed by atoms with Crippen molar-refractivity contribution in [3.05, 3.63) is 29.3 Å². The molecule has 18 heavy (non-hydrogen) atoms. The van der Waals surface area contributed by atoms with Gasteiger partial charge in [-0.3, -0.25) is 4.79 Å². The highest BCUT2D eigenvalue weighted by Gasteiger charge is 2.16. The van der Waals surface area contributed by atoms with Crippen LogP contribution >= 0.6 is 0 Å². The van der Waals surface area contributed by atoms with E-state index in [4.69, 9.17) is 5.73 Å². The number of hydrogen-bond donors (Lipinski definition) is 1. The van der Waals surface area contributed by atoms with Gasteiger partial charge in [0.1, 0.15) is 9.84 Å². The predicted molar refractivity (Wildman–Crippen MR) is 72.3 cm³/mol. The van der Waals surface area contributed by atoms with E-state index in [0.717, 1.165) is 11.8 Å². The van der Waals surface area contributed by atoms with Crippen molar-refractivity contribution in [2.45, 2.75) is 6.92 Å². The van der Waals surface area contributed by atoms with Gasteiger partial charge in [-0.1, -0.05) is 11.6 Å². The summed E-state index contributed by atoms with van der Waals surface area (Å²) in [5, 5.41) is 0. The standard InChI is InChI=1S/C12H18N2O3S/c1-9-4-5-11(13)10(8-9)12(15)14(2)6-7-18(3,16)17/h4-5,8H,6-7,13H2,1-3H3. The molecule has 0 fully saturated rings. The maximum atomic E-state index is 12.1. The number of carbonyl (C=O) groups excluding carboxylic acids is 1. The number of nitrogen functional groups attached to an aromatic ring is 1. The zero-order chi connectivity index (χ0) is 13.9. The van der Waals surface area contributed by atoms with Gasteiger partial charge < -0.3 is 10.6 Å². The summed E-state index contributed by atoms with van der Waals surface area (Å²) in [5.41, 5.74) is 7.49. The lowest BCUT2D eigenvalue weighted by Gasteiger charge is -2.18. The summed E-state index contributed by atoms with van der Waals surface area (Å²) in [4.78, 5) is 13.5. The van der Waals surface area contributed by atoms with E-state index in [-0.39, 0.29) is 18.2 Å². The molecule has 0 aromatic heterocycles. The van der Waals surface area contributed by atoms with E-state index < -0.39 is 9.84 Å². The lowest BCUT2D eigenvalue weighted by Crippen LogP contribution is -2.31. The average Bonchev–Trinajstić information content (AvgIpc) is 2.27. The van der Waals surface area contributed by atoms with Gasteiger partial charge in [-0.15, -0.1) is 0 Å². The molecular formula is C12H18N2O3S. The number of amides is 1. The fraction of sp³-hybridized carbons (Fsp3) is 0.417. The second kappa shape index (κ2) is 5.39. The molecule has 1 aromatic rings. The molecule has 1 aromatic carbocycles. The molecule has 2 N–H and O–H groups in total. The lowest BCUT2D eigenvalue weighted by molar-refractivity contribution is 0.0804. The number of rotatable bonds is 4. The molecule has 0 aliphatic heterocycles. The Hall–Kier alpha value is -1.56. The minimum atomic E-state index is -3.08. The van der Waals surface area contributed by atoms with Crippen molar-refractivity contribution in [1.82, 2.24) is 4.90 Å². The summed E-state index contributed by atoms with van der Waals surface area (Å²) >= 11 is 0. The number of nitrogens with zero attached hydrogens (tertiary/aromatic N) is 1. The number of carbonyl (C=O) groups is 1. The van der Waals surface area contributed by atoms with Gasteiger partial charge >= 0.3 is 0 Å². The van der Waals surface area contributed by atoms with Gasteiger partial charge in [0.15, 0.2) is 0 Å². The summed E-state index contributed by atoms with van der Waals surface area (Å²) in [6, 6.07) is 5.20. The Balaban J connectivity index is 2.83. The monoisotopic (exact) mass is 270 g/mol. The molecule has 0 saturated carbocycles.